The van der Waals surface area contributed by atoms with Crippen molar-refractivity contribution in [2.45, 2.75) is 31.3 Å². The molecule has 122 valence electrons. The molecule has 23 heavy (non-hydrogen) atoms. The van der Waals surface area contributed by atoms with Gasteiger partial charge in [0.25, 0.3) is 5.91 Å². The number of rotatable bonds is 3. The zero-order chi connectivity index (χ0) is 16.6. The van der Waals surface area contributed by atoms with E-state index in [2.05, 4.69) is 30.5 Å². The third kappa shape index (κ3) is 2.74. The maximum atomic E-state index is 13.0. The van der Waals surface area contributed by atoms with Crippen LogP contribution < -0.4 is 4.74 Å². The first-order valence-electron chi connectivity index (χ1n) is 7.76. The first kappa shape index (κ1) is 16.0. The summed E-state index contributed by atoms with van der Waals surface area (Å²) < 4.78 is 7.74. The van der Waals surface area contributed by atoms with Gasteiger partial charge in [-0.15, -0.1) is 11.8 Å². The zero-order valence-corrected chi connectivity index (χ0v) is 14.8. The Morgan fingerprint density at radius 1 is 1.26 bits per heavy atom. The second-order valence-corrected chi connectivity index (χ2v) is 6.67. The molecular weight excluding hydrogens is 308 g/mol. The van der Waals surface area contributed by atoms with Crippen molar-refractivity contribution >= 4 is 17.7 Å². The van der Waals surface area contributed by atoms with Gasteiger partial charge in [0.15, 0.2) is 0 Å². The Morgan fingerprint density at radius 2 is 2.04 bits per heavy atom. The summed E-state index contributed by atoms with van der Waals surface area (Å²) in [6.45, 7) is 5.76. The fourth-order valence-corrected chi connectivity index (χ4v) is 3.66. The minimum atomic E-state index is 0.0344. The predicted molar refractivity (Wildman–Crippen MR) is 93.4 cm³/mol. The van der Waals surface area contributed by atoms with Crippen LogP contribution in [0.3, 0.4) is 0 Å². The fraction of sp³-hybridized carbons (Fsp3) is 0.389. The van der Waals surface area contributed by atoms with Crippen LogP contribution in [0.15, 0.2) is 35.2 Å². The van der Waals surface area contributed by atoms with Crippen molar-refractivity contribution < 1.29 is 9.53 Å². The number of hydrogen-bond acceptors (Lipinski definition) is 3. The summed E-state index contributed by atoms with van der Waals surface area (Å²) in [7, 11) is 1.62. The van der Waals surface area contributed by atoms with Crippen LogP contribution in [0.1, 0.15) is 34.7 Å². The number of amides is 1. The Labute approximate surface area is 141 Å². The molecule has 0 fully saturated rings. The van der Waals surface area contributed by atoms with Crippen LogP contribution in [-0.2, 0) is 6.54 Å². The SMILES string of the molecule is COc1cc(SC)ccc1C(=O)N1CCn2c(C)ccc2[C@@H]1C. The molecule has 2 aromatic rings. The summed E-state index contributed by atoms with van der Waals surface area (Å²) in [4.78, 5) is 16.1. The highest BCUT2D eigenvalue weighted by molar-refractivity contribution is 7.98. The lowest BCUT2D eigenvalue weighted by atomic mass is 10.1. The predicted octanol–water partition coefficient (Wildman–Crippen LogP) is 3.74. The van der Waals surface area contributed by atoms with E-state index in [-0.39, 0.29) is 11.9 Å². The summed E-state index contributed by atoms with van der Waals surface area (Å²) in [5.41, 5.74) is 3.08. The van der Waals surface area contributed by atoms with Crippen molar-refractivity contribution in [3.63, 3.8) is 0 Å². The second kappa shape index (κ2) is 6.32. The Bertz CT molecular complexity index is 739. The van der Waals surface area contributed by atoms with Crippen LogP contribution in [0.4, 0.5) is 0 Å². The number of aryl methyl sites for hydroxylation is 1. The molecule has 2 heterocycles. The lowest BCUT2D eigenvalue weighted by Crippen LogP contribution is -2.41. The van der Waals surface area contributed by atoms with Crippen LogP contribution in [0, 0.1) is 6.92 Å². The highest BCUT2D eigenvalue weighted by Gasteiger charge is 2.30. The molecule has 1 aliphatic rings. The number of fused-ring (bicyclic) bond motifs is 1. The quantitative estimate of drug-likeness (QED) is 0.804. The molecule has 0 radical (unpaired) electrons. The fourth-order valence-electron chi connectivity index (χ4n) is 3.23. The number of aromatic nitrogens is 1. The minimum Gasteiger partial charge on any atom is -0.496 e. The summed E-state index contributed by atoms with van der Waals surface area (Å²) in [6.07, 6.45) is 2.01. The molecule has 1 aromatic carbocycles. The van der Waals surface area contributed by atoms with Crippen molar-refractivity contribution in [3.05, 3.63) is 47.3 Å². The topological polar surface area (TPSA) is 34.5 Å². The van der Waals surface area contributed by atoms with Gasteiger partial charge in [-0.2, -0.15) is 0 Å². The van der Waals surface area contributed by atoms with Gasteiger partial charge in [-0.1, -0.05) is 0 Å². The van der Waals surface area contributed by atoms with E-state index in [1.165, 1.54) is 11.4 Å². The smallest absolute Gasteiger partial charge is 0.258 e. The number of nitrogens with zero attached hydrogens (tertiary/aromatic N) is 2. The normalized spacial score (nSPS) is 17.0. The van der Waals surface area contributed by atoms with Gasteiger partial charge in [-0.3, -0.25) is 4.79 Å². The molecule has 1 aliphatic heterocycles. The van der Waals surface area contributed by atoms with Gasteiger partial charge in [0.05, 0.1) is 18.7 Å². The third-order valence-electron chi connectivity index (χ3n) is 4.59. The van der Waals surface area contributed by atoms with Crippen LogP contribution in [-0.4, -0.2) is 35.3 Å². The molecule has 3 rings (SSSR count). The molecule has 0 aliphatic carbocycles. The van der Waals surface area contributed by atoms with Crippen LogP contribution in [0.5, 0.6) is 5.75 Å². The highest BCUT2D eigenvalue weighted by Crippen LogP contribution is 2.32. The van der Waals surface area contributed by atoms with Gasteiger partial charge in [0.2, 0.25) is 0 Å². The first-order valence-corrected chi connectivity index (χ1v) is 8.98. The lowest BCUT2D eigenvalue weighted by molar-refractivity contribution is 0.0639. The van der Waals surface area contributed by atoms with Gasteiger partial charge in [0, 0.05) is 29.4 Å². The summed E-state index contributed by atoms with van der Waals surface area (Å²) in [6, 6.07) is 10.1. The van der Waals surface area contributed by atoms with E-state index >= 15 is 0 Å². The van der Waals surface area contributed by atoms with Crippen LogP contribution >= 0.6 is 11.8 Å². The van der Waals surface area contributed by atoms with E-state index in [4.69, 9.17) is 4.74 Å². The van der Waals surface area contributed by atoms with Crippen molar-refractivity contribution in [2.75, 3.05) is 19.9 Å². The Hall–Kier alpha value is -1.88. The van der Waals surface area contributed by atoms with E-state index < -0.39 is 0 Å². The Balaban J connectivity index is 1.92. The van der Waals surface area contributed by atoms with E-state index in [0.29, 0.717) is 11.3 Å². The van der Waals surface area contributed by atoms with Gasteiger partial charge in [-0.05, 0) is 50.4 Å². The molecule has 4 nitrogen and oxygen atoms in total. The van der Waals surface area contributed by atoms with Gasteiger partial charge in [0.1, 0.15) is 5.75 Å². The number of ether oxygens (including phenoxy) is 1. The standard InChI is InChI=1S/C18H22N2O2S/c1-12-5-8-16-13(2)20(10-9-19(12)16)18(21)15-7-6-14(23-4)11-17(15)22-3/h5-8,11,13H,9-10H2,1-4H3/t13-/m0/s1. The summed E-state index contributed by atoms with van der Waals surface area (Å²) >= 11 is 1.64. The highest BCUT2D eigenvalue weighted by atomic mass is 32.2. The molecule has 0 unspecified atom stereocenters. The number of benzene rings is 1. The molecule has 5 heteroatoms. The lowest BCUT2D eigenvalue weighted by Gasteiger charge is -2.35. The van der Waals surface area contributed by atoms with E-state index in [1.54, 1.807) is 18.9 Å². The molecule has 1 atom stereocenters. The molecule has 0 spiro atoms. The maximum Gasteiger partial charge on any atom is 0.258 e. The van der Waals surface area contributed by atoms with E-state index in [1.807, 2.05) is 29.4 Å². The van der Waals surface area contributed by atoms with Gasteiger partial charge in [-0.25, -0.2) is 0 Å². The molecule has 0 saturated carbocycles. The molecule has 1 aromatic heterocycles. The second-order valence-electron chi connectivity index (χ2n) is 5.79. The van der Waals surface area contributed by atoms with Crippen LogP contribution in [0.2, 0.25) is 0 Å². The summed E-state index contributed by atoms with van der Waals surface area (Å²) in [5.74, 6) is 0.679. The molecular formula is C18H22N2O2S. The third-order valence-corrected chi connectivity index (χ3v) is 5.32. The van der Waals surface area contributed by atoms with E-state index in [9.17, 15) is 4.79 Å². The van der Waals surface area contributed by atoms with E-state index in [0.717, 1.165) is 18.0 Å². The Kier molecular flexibility index (Phi) is 4.39. The van der Waals surface area contributed by atoms with Crippen molar-refractivity contribution in [1.29, 1.82) is 0 Å². The zero-order valence-electron chi connectivity index (χ0n) is 14.0. The first-order chi connectivity index (χ1) is 11.1. The van der Waals surface area contributed by atoms with Crippen molar-refractivity contribution in [2.24, 2.45) is 0 Å². The molecule has 0 N–H and O–H groups in total. The summed E-state index contributed by atoms with van der Waals surface area (Å²) in [5, 5.41) is 0. The number of hydrogen-bond donors (Lipinski definition) is 0. The average molecular weight is 330 g/mol. The minimum absolute atomic E-state index is 0.0344. The van der Waals surface area contributed by atoms with Crippen molar-refractivity contribution in [3.8, 4) is 5.75 Å². The Morgan fingerprint density at radius 3 is 2.74 bits per heavy atom. The number of thioether (sulfide) groups is 1. The van der Waals surface area contributed by atoms with Gasteiger partial charge >= 0.3 is 0 Å². The molecule has 0 saturated heterocycles. The number of carbonyl (C=O) groups excluding carboxylic acids is 1. The van der Waals surface area contributed by atoms with Crippen molar-refractivity contribution in [1.82, 2.24) is 9.47 Å². The van der Waals surface area contributed by atoms with Crippen LogP contribution in [0.25, 0.3) is 0 Å². The largest absolute Gasteiger partial charge is 0.496 e. The monoisotopic (exact) mass is 330 g/mol. The molecule has 0 bridgehead atoms. The number of carbonyl (C=O) groups is 1. The number of methoxy groups -OCH3 is 1. The molecule has 1 amide bonds. The van der Waals surface area contributed by atoms with Gasteiger partial charge < -0.3 is 14.2 Å². The maximum absolute atomic E-state index is 13.0. The average Bonchev–Trinajstić information content (AvgIpc) is 2.96.